The molecule has 0 aliphatic rings. The summed E-state index contributed by atoms with van der Waals surface area (Å²) < 4.78 is 0. The summed E-state index contributed by atoms with van der Waals surface area (Å²) in [6.45, 7) is 0. The summed E-state index contributed by atoms with van der Waals surface area (Å²) in [5.74, 6) is 0. The van der Waals surface area contributed by atoms with Gasteiger partial charge in [-0.25, -0.2) is 0 Å². The van der Waals surface area contributed by atoms with Crippen LogP contribution in [0.4, 0.5) is 0 Å². The second-order valence-corrected chi connectivity index (χ2v) is 0. The van der Waals surface area contributed by atoms with E-state index in [0.29, 0.717) is 0 Å². The molecule has 0 amide bonds. The van der Waals surface area contributed by atoms with E-state index in [0.717, 1.165) is 0 Å². The summed E-state index contributed by atoms with van der Waals surface area (Å²) in [6.07, 6.45) is 0. The zero-order valence-corrected chi connectivity index (χ0v) is 8.94. The van der Waals surface area contributed by atoms with Gasteiger partial charge in [-0.1, -0.05) is 0 Å². The molecule has 4 heavy (non-hydrogen) atoms. The second-order valence-electron chi connectivity index (χ2n) is 0. The first kappa shape index (κ1) is 34.6. The van der Waals surface area contributed by atoms with Crippen molar-refractivity contribution in [3.05, 3.63) is 0 Å². The van der Waals surface area contributed by atoms with Gasteiger partial charge in [-0.2, -0.15) is 0 Å². The van der Waals surface area contributed by atoms with Gasteiger partial charge in [-0.05, 0) is 0 Å². The molecule has 0 heterocycles. The number of hydrogen-bond donors (Lipinski definition) is 0. The normalized spacial score (nSPS) is 0. The Kier molecular flexibility index (Phi) is 164. The zero-order valence-electron chi connectivity index (χ0n) is 2.46. The molecule has 1 radical (unpaired) electrons. The predicted molar refractivity (Wildman–Crippen MR) is 5.75 cm³/mol. The molecular formula is Cl2NaZn. The average molecular weight is 159 g/mol. The van der Waals surface area contributed by atoms with Gasteiger partial charge in [0, 0.05) is 29.6 Å². The van der Waals surface area contributed by atoms with Crippen molar-refractivity contribution in [3.8, 4) is 0 Å². The van der Waals surface area contributed by atoms with Gasteiger partial charge < -0.3 is 24.8 Å². The number of rotatable bonds is 0. The van der Waals surface area contributed by atoms with Crippen LogP contribution >= 0.6 is 0 Å². The fourth-order valence-corrected chi connectivity index (χ4v) is 0. The van der Waals surface area contributed by atoms with Gasteiger partial charge in [0.25, 0.3) is 0 Å². The minimum atomic E-state index is 0. The van der Waals surface area contributed by atoms with Crippen LogP contribution in [-0.4, -0.2) is 29.6 Å². The zero-order chi connectivity index (χ0) is 0. The summed E-state index contributed by atoms with van der Waals surface area (Å²) >= 11 is 0. The van der Waals surface area contributed by atoms with E-state index in [4.69, 9.17) is 0 Å². The van der Waals surface area contributed by atoms with Crippen molar-refractivity contribution in [1.29, 1.82) is 0 Å². The maximum atomic E-state index is 0. The molecule has 0 aliphatic heterocycles. The van der Waals surface area contributed by atoms with Gasteiger partial charge in [0.1, 0.15) is 0 Å². The fraction of sp³-hybridized carbons (Fsp3) is 0. The molecule has 0 saturated carbocycles. The monoisotopic (exact) mass is 157 g/mol. The molecule has 17 valence electrons. The molecule has 0 unspecified atom stereocenters. The largest absolute Gasteiger partial charge is 2.00 e. The van der Waals surface area contributed by atoms with Crippen LogP contribution in [0.1, 0.15) is 0 Å². The summed E-state index contributed by atoms with van der Waals surface area (Å²) in [7, 11) is 0. The molecule has 0 aliphatic carbocycles. The molecule has 0 bridgehead atoms. The Bertz CT molecular complexity index is 6.00. The first-order valence-corrected chi connectivity index (χ1v) is 0. The van der Waals surface area contributed by atoms with E-state index in [1.54, 1.807) is 0 Å². The molecule has 0 rings (SSSR count). The molecule has 4 heteroatoms. The van der Waals surface area contributed by atoms with Gasteiger partial charge in [0.2, 0.25) is 0 Å². The second kappa shape index (κ2) is 18.9. The Morgan fingerprint density at radius 3 is 0.750 bits per heavy atom. The van der Waals surface area contributed by atoms with E-state index in [1.807, 2.05) is 0 Å². The van der Waals surface area contributed by atoms with Crippen LogP contribution in [-0.2, 0) is 19.5 Å². The summed E-state index contributed by atoms with van der Waals surface area (Å²) in [6, 6.07) is 0. The molecule has 0 atom stereocenters. The van der Waals surface area contributed by atoms with Crippen molar-refractivity contribution in [2.75, 3.05) is 0 Å². The molecule has 0 saturated heterocycles. The van der Waals surface area contributed by atoms with Gasteiger partial charge in [-0.3, -0.25) is 0 Å². The molecule has 0 spiro atoms. The maximum absolute atomic E-state index is 0. The third-order valence-electron chi connectivity index (χ3n) is 0. The van der Waals surface area contributed by atoms with E-state index in [1.165, 1.54) is 0 Å². The van der Waals surface area contributed by atoms with Gasteiger partial charge >= 0.3 is 19.5 Å². The Morgan fingerprint density at radius 1 is 0.750 bits per heavy atom. The van der Waals surface area contributed by atoms with Crippen LogP contribution in [0.5, 0.6) is 0 Å². The quantitative estimate of drug-likeness (QED) is 0.308. The average Bonchev–Trinajstić information content (AvgIpc) is 0. The molecule has 0 fully saturated rings. The van der Waals surface area contributed by atoms with Crippen LogP contribution in [0.2, 0.25) is 0 Å². The van der Waals surface area contributed by atoms with Crippen molar-refractivity contribution in [2.45, 2.75) is 0 Å². The van der Waals surface area contributed by atoms with Crippen molar-refractivity contribution in [2.24, 2.45) is 0 Å². The third kappa shape index (κ3) is 8.88. The molecule has 0 aromatic rings. The maximum Gasteiger partial charge on any atom is 2.00 e. The van der Waals surface area contributed by atoms with E-state index in [-0.39, 0.29) is 73.8 Å². The Labute approximate surface area is 73.0 Å². The van der Waals surface area contributed by atoms with E-state index < -0.39 is 0 Å². The first-order chi connectivity index (χ1) is 0. The number of hydrogen-bond acceptors (Lipinski definition) is 0. The molecule has 0 nitrogen and oxygen atoms in total. The Balaban J connectivity index is 0. The molecule has 0 aromatic heterocycles. The number of halogens is 2. The summed E-state index contributed by atoms with van der Waals surface area (Å²) in [5.41, 5.74) is 0. The van der Waals surface area contributed by atoms with Gasteiger partial charge in [-0.15, -0.1) is 0 Å². The topological polar surface area (TPSA) is 0 Å². The van der Waals surface area contributed by atoms with Crippen molar-refractivity contribution in [1.82, 2.24) is 0 Å². The SMILES string of the molecule is [Cl-].[Cl-].[Na].[Zn+2]. The first-order valence-electron chi connectivity index (χ1n) is 0. The predicted octanol–water partition coefficient (Wildman–Crippen LogP) is -6.38. The molecular weight excluding hydrogens is 159 g/mol. The van der Waals surface area contributed by atoms with Gasteiger partial charge in [0.15, 0.2) is 0 Å². The van der Waals surface area contributed by atoms with Crippen LogP contribution < -0.4 is 24.8 Å². The van der Waals surface area contributed by atoms with Crippen molar-refractivity contribution in [3.63, 3.8) is 0 Å². The standard InChI is InChI=1S/2ClH.Na.Zn/h2*1H;;/q;;;+2/p-2. The fourth-order valence-electron chi connectivity index (χ4n) is 0. The summed E-state index contributed by atoms with van der Waals surface area (Å²) in [4.78, 5) is 0. The minimum absolute atomic E-state index is 0. The smallest absolute Gasteiger partial charge is 1.00 e. The molecule has 0 N–H and O–H groups in total. The van der Waals surface area contributed by atoms with Crippen LogP contribution in [0.25, 0.3) is 0 Å². The molecule has 0 aromatic carbocycles. The van der Waals surface area contributed by atoms with E-state index in [9.17, 15) is 0 Å². The Morgan fingerprint density at radius 2 is 0.750 bits per heavy atom. The third-order valence-corrected chi connectivity index (χ3v) is 0. The van der Waals surface area contributed by atoms with Crippen LogP contribution in [0, 0.1) is 0 Å². The van der Waals surface area contributed by atoms with Crippen LogP contribution in [0.3, 0.4) is 0 Å². The van der Waals surface area contributed by atoms with E-state index in [2.05, 4.69) is 0 Å². The van der Waals surface area contributed by atoms with Gasteiger partial charge in [0.05, 0.1) is 0 Å². The Hall–Kier alpha value is 2.20. The minimum Gasteiger partial charge on any atom is -1.00 e. The van der Waals surface area contributed by atoms with Crippen LogP contribution in [0.15, 0.2) is 0 Å². The summed E-state index contributed by atoms with van der Waals surface area (Å²) in [5, 5.41) is 0. The van der Waals surface area contributed by atoms with Crippen molar-refractivity contribution < 1.29 is 44.3 Å². The van der Waals surface area contributed by atoms with Crippen molar-refractivity contribution >= 4 is 29.6 Å². The van der Waals surface area contributed by atoms with E-state index >= 15 is 0 Å².